The zero-order valence-electron chi connectivity index (χ0n) is 16.8. The van der Waals surface area contributed by atoms with E-state index in [1.165, 1.54) is 14.0 Å². The van der Waals surface area contributed by atoms with E-state index in [0.717, 1.165) is 10.4 Å². The molecule has 0 spiro atoms. The Morgan fingerprint density at radius 3 is 2.35 bits per heavy atom. The number of piperazine rings is 1. The van der Waals surface area contributed by atoms with Gasteiger partial charge in [0.2, 0.25) is 5.91 Å². The Hall–Kier alpha value is -2.17. The maximum atomic E-state index is 13.0. The highest BCUT2D eigenvalue weighted by atomic mass is 35.5. The molecule has 1 aromatic carbocycles. The van der Waals surface area contributed by atoms with Crippen LogP contribution in [0.3, 0.4) is 0 Å². The predicted molar refractivity (Wildman–Crippen MR) is 110 cm³/mol. The summed E-state index contributed by atoms with van der Waals surface area (Å²) in [6.45, 7) is 2.56. The van der Waals surface area contributed by atoms with E-state index < -0.39 is 16.9 Å². The summed E-state index contributed by atoms with van der Waals surface area (Å²) in [5, 5.41) is 12.8. The Bertz CT molecular complexity index is 948. The number of aliphatic hydroxyl groups is 1. The molecular weight excluding hydrogens is 460 g/mol. The van der Waals surface area contributed by atoms with Crippen LogP contribution in [0.25, 0.3) is 0 Å². The first-order valence-electron chi connectivity index (χ1n) is 9.37. The second-order valence-electron chi connectivity index (χ2n) is 7.05. The lowest BCUT2D eigenvalue weighted by Gasteiger charge is -2.36. The Balaban J connectivity index is 1.67. The van der Waals surface area contributed by atoms with Crippen LogP contribution in [0.2, 0.25) is 10.0 Å². The number of benzene rings is 1. The van der Waals surface area contributed by atoms with Gasteiger partial charge in [-0.3, -0.25) is 9.48 Å². The fraction of sp³-hybridized carbons (Fsp3) is 0.474. The number of hydrogen-bond acceptors (Lipinski definition) is 5. The Morgan fingerprint density at radius 1 is 1.19 bits per heavy atom. The molecule has 1 aromatic heterocycles. The van der Waals surface area contributed by atoms with Crippen molar-refractivity contribution >= 4 is 34.8 Å². The van der Waals surface area contributed by atoms with Crippen molar-refractivity contribution < 1.29 is 27.8 Å². The third-order valence-electron chi connectivity index (χ3n) is 5.17. The zero-order valence-corrected chi connectivity index (χ0v) is 18.4. The van der Waals surface area contributed by atoms with Crippen molar-refractivity contribution in [1.29, 1.82) is 0 Å². The van der Waals surface area contributed by atoms with Gasteiger partial charge in [0.25, 0.3) is 0 Å². The highest BCUT2D eigenvalue weighted by molar-refractivity contribution is 6.33. The first-order valence-corrected chi connectivity index (χ1v) is 10.1. The molecule has 0 unspecified atom stereocenters. The van der Waals surface area contributed by atoms with E-state index in [-0.39, 0.29) is 24.8 Å². The van der Waals surface area contributed by atoms with Crippen LogP contribution in [-0.2, 0) is 24.1 Å². The van der Waals surface area contributed by atoms with Gasteiger partial charge >= 0.3 is 6.18 Å². The summed E-state index contributed by atoms with van der Waals surface area (Å²) in [5.41, 5.74) is 0.217. The van der Waals surface area contributed by atoms with Gasteiger partial charge in [-0.15, -0.1) is 0 Å². The number of rotatable bonds is 5. The van der Waals surface area contributed by atoms with Crippen LogP contribution in [0.5, 0.6) is 5.75 Å². The monoisotopic (exact) mass is 480 g/mol. The highest BCUT2D eigenvalue weighted by Crippen LogP contribution is 2.36. The highest BCUT2D eigenvalue weighted by Gasteiger charge is 2.38. The first-order chi connectivity index (χ1) is 14.6. The fourth-order valence-electron chi connectivity index (χ4n) is 3.39. The molecule has 1 aliphatic rings. The predicted octanol–water partition coefficient (Wildman–Crippen LogP) is 3.37. The van der Waals surface area contributed by atoms with Gasteiger partial charge in [-0.2, -0.15) is 18.3 Å². The van der Waals surface area contributed by atoms with Gasteiger partial charge in [-0.25, -0.2) is 0 Å². The summed E-state index contributed by atoms with van der Waals surface area (Å²) in [4.78, 5) is 16.2. The van der Waals surface area contributed by atoms with Gasteiger partial charge in [-0.05, 0) is 13.0 Å². The van der Waals surface area contributed by atoms with Crippen molar-refractivity contribution in [3.05, 3.63) is 39.1 Å². The average Bonchev–Trinajstić information content (AvgIpc) is 3.02. The molecule has 0 bridgehead atoms. The van der Waals surface area contributed by atoms with E-state index in [2.05, 4.69) is 5.10 Å². The summed E-state index contributed by atoms with van der Waals surface area (Å²) in [7, 11) is 1.48. The van der Waals surface area contributed by atoms with E-state index in [4.69, 9.17) is 27.9 Å². The molecule has 0 radical (unpaired) electrons. The molecule has 1 aliphatic heterocycles. The number of methoxy groups -OCH3 is 1. The third-order valence-corrected chi connectivity index (χ3v) is 6.06. The van der Waals surface area contributed by atoms with Crippen LogP contribution < -0.4 is 9.64 Å². The molecule has 1 saturated heterocycles. The summed E-state index contributed by atoms with van der Waals surface area (Å²) < 4.78 is 45.2. The topological polar surface area (TPSA) is 70.8 Å². The van der Waals surface area contributed by atoms with Crippen LogP contribution in [-0.4, -0.2) is 59.0 Å². The number of nitrogens with zero attached hydrogens (tertiary/aromatic N) is 4. The lowest BCUT2D eigenvalue weighted by molar-refractivity contribution is -0.142. The SMILES string of the molecule is COc1cc(N2CCN(C(=O)Cn3nc(C(F)(F)F)c(Cl)c3C)CC2)cc(CO)c1Cl. The lowest BCUT2D eigenvalue weighted by Crippen LogP contribution is -2.49. The molecule has 0 saturated carbocycles. The summed E-state index contributed by atoms with van der Waals surface area (Å²) in [5.74, 6) is 0.0913. The first kappa shape index (κ1) is 23.5. The fourth-order valence-corrected chi connectivity index (χ4v) is 3.88. The van der Waals surface area contributed by atoms with Crippen LogP contribution in [0.15, 0.2) is 12.1 Å². The van der Waals surface area contributed by atoms with Crippen molar-refractivity contribution in [1.82, 2.24) is 14.7 Å². The molecule has 2 heterocycles. The minimum Gasteiger partial charge on any atom is -0.495 e. The van der Waals surface area contributed by atoms with Crippen molar-refractivity contribution in [3.8, 4) is 5.75 Å². The number of hydrogen-bond donors (Lipinski definition) is 1. The van der Waals surface area contributed by atoms with E-state index in [1.807, 2.05) is 4.90 Å². The molecule has 0 aliphatic carbocycles. The van der Waals surface area contributed by atoms with Gasteiger partial charge in [-0.1, -0.05) is 23.2 Å². The van der Waals surface area contributed by atoms with Gasteiger partial charge in [0.05, 0.1) is 29.5 Å². The van der Waals surface area contributed by atoms with Crippen molar-refractivity contribution in [2.24, 2.45) is 0 Å². The van der Waals surface area contributed by atoms with Gasteiger partial charge in [0, 0.05) is 43.5 Å². The Kier molecular flexibility index (Phi) is 6.92. The number of ether oxygens (including phenoxy) is 1. The maximum Gasteiger partial charge on any atom is 0.436 e. The molecule has 170 valence electrons. The number of amides is 1. The Morgan fingerprint density at radius 2 is 1.84 bits per heavy atom. The largest absolute Gasteiger partial charge is 0.495 e. The lowest BCUT2D eigenvalue weighted by atomic mass is 10.1. The quantitative estimate of drug-likeness (QED) is 0.710. The second-order valence-corrected chi connectivity index (χ2v) is 7.81. The molecule has 1 fully saturated rings. The van der Waals surface area contributed by atoms with Gasteiger partial charge in [0.1, 0.15) is 12.3 Å². The van der Waals surface area contributed by atoms with E-state index in [9.17, 15) is 23.1 Å². The van der Waals surface area contributed by atoms with Gasteiger partial charge in [0.15, 0.2) is 5.69 Å². The number of alkyl halides is 3. The second kappa shape index (κ2) is 9.13. The van der Waals surface area contributed by atoms with E-state index in [0.29, 0.717) is 42.5 Å². The van der Waals surface area contributed by atoms with Crippen molar-refractivity contribution in [2.75, 3.05) is 38.2 Å². The van der Waals surface area contributed by atoms with Crippen LogP contribution in [0.1, 0.15) is 17.0 Å². The summed E-state index contributed by atoms with van der Waals surface area (Å²) in [6.07, 6.45) is -4.69. The van der Waals surface area contributed by atoms with Crippen LogP contribution >= 0.6 is 23.2 Å². The van der Waals surface area contributed by atoms with Crippen molar-refractivity contribution in [2.45, 2.75) is 26.3 Å². The number of anilines is 1. The standard InChI is InChI=1S/C19H21Cl2F3N4O3/c1-11-16(20)18(19(22,23)24)25-28(11)9-15(30)27-5-3-26(4-6-27)13-7-12(10-29)17(21)14(8-13)31-2/h7-8,29H,3-6,9-10H2,1-2H3. The molecule has 1 amide bonds. The third kappa shape index (κ3) is 4.86. The van der Waals surface area contributed by atoms with Crippen molar-refractivity contribution in [3.63, 3.8) is 0 Å². The van der Waals surface area contributed by atoms with Gasteiger partial charge < -0.3 is 19.6 Å². The molecule has 7 nitrogen and oxygen atoms in total. The zero-order chi connectivity index (χ0) is 22.9. The molecule has 31 heavy (non-hydrogen) atoms. The average molecular weight is 481 g/mol. The number of aliphatic hydroxyl groups excluding tert-OH is 1. The molecule has 0 atom stereocenters. The smallest absolute Gasteiger partial charge is 0.436 e. The number of aromatic nitrogens is 2. The molecule has 2 aromatic rings. The number of halogens is 5. The normalized spacial score (nSPS) is 14.8. The van der Waals surface area contributed by atoms with E-state index in [1.54, 1.807) is 17.0 Å². The van der Waals surface area contributed by atoms with Crippen LogP contribution in [0.4, 0.5) is 18.9 Å². The summed E-state index contributed by atoms with van der Waals surface area (Å²) >= 11 is 11.9. The Labute approximate surface area is 186 Å². The minimum absolute atomic E-state index is 0.0887. The van der Waals surface area contributed by atoms with E-state index >= 15 is 0 Å². The molecule has 12 heteroatoms. The summed E-state index contributed by atoms with van der Waals surface area (Å²) in [6, 6.07) is 3.52. The number of carbonyl (C=O) groups excluding carboxylic acids is 1. The minimum atomic E-state index is -4.69. The molecule has 1 N–H and O–H groups in total. The van der Waals surface area contributed by atoms with Crippen LogP contribution in [0, 0.1) is 6.92 Å². The maximum absolute atomic E-state index is 13.0. The molecular formula is C19H21Cl2F3N4O3. The molecule has 3 rings (SSSR count). The number of carbonyl (C=O) groups is 1.